The molecule has 0 aliphatic carbocycles. The van der Waals surface area contributed by atoms with Gasteiger partial charge in [-0.1, -0.05) is 18.2 Å². The number of nitro groups is 3. The lowest BCUT2D eigenvalue weighted by atomic mass is 10.2. The van der Waals surface area contributed by atoms with Crippen LogP contribution < -0.4 is 10.4 Å². The van der Waals surface area contributed by atoms with Crippen LogP contribution in [0.25, 0.3) is 0 Å². The van der Waals surface area contributed by atoms with E-state index in [2.05, 4.69) is 5.43 Å². The third kappa shape index (κ3) is 3.91. The molecule has 0 aliphatic rings. The maximum atomic E-state index is 11.6. The average molecular weight is 411 g/mol. The minimum absolute atomic E-state index is 0.0104. The molecule has 0 bridgehead atoms. The zero-order valence-corrected chi connectivity index (χ0v) is 15.0. The van der Waals surface area contributed by atoms with Crippen LogP contribution in [0, 0.1) is 30.3 Å². The van der Waals surface area contributed by atoms with Crippen molar-refractivity contribution in [3.8, 4) is 5.75 Å². The fraction of sp³-hybridized carbons (Fsp3) is 0. The van der Waals surface area contributed by atoms with Crippen molar-refractivity contribution in [1.29, 1.82) is 0 Å². The highest BCUT2D eigenvalue weighted by Crippen LogP contribution is 2.42. The van der Waals surface area contributed by atoms with E-state index < -0.39 is 31.8 Å². The number of nitrogens with one attached hydrogen (secondary N) is 1. The molecule has 0 saturated carbocycles. The predicted octanol–water partition coefficient (Wildman–Crippen LogP) is 4.28. The summed E-state index contributed by atoms with van der Waals surface area (Å²) in [6.07, 6.45) is 0. The van der Waals surface area contributed by atoms with Crippen molar-refractivity contribution in [2.24, 2.45) is 0 Å². The summed E-state index contributed by atoms with van der Waals surface area (Å²) in [5.74, 6) is -0.0104. The van der Waals surface area contributed by atoms with Gasteiger partial charge in [-0.2, -0.15) is 0 Å². The minimum Gasteiger partial charge on any atom is -0.508 e. The second-order valence-corrected chi connectivity index (χ2v) is 5.90. The standard InChI is InChI=1S/C18H13N5O7/c24-14-8-6-13(7-9-14)20(12-4-2-1-3-5-12)19-15-10-11-16(21(25)26)18(23(29)30)17(15)22(27)28/h1-11,19,24H. The number of anilines is 3. The maximum absolute atomic E-state index is 11.6. The number of hydrogen-bond acceptors (Lipinski definition) is 9. The van der Waals surface area contributed by atoms with Gasteiger partial charge in [-0.3, -0.25) is 40.8 Å². The molecule has 30 heavy (non-hydrogen) atoms. The van der Waals surface area contributed by atoms with E-state index in [9.17, 15) is 35.4 Å². The smallest absolute Gasteiger partial charge is 0.424 e. The van der Waals surface area contributed by atoms with Gasteiger partial charge in [-0.25, -0.2) is 0 Å². The summed E-state index contributed by atoms with van der Waals surface area (Å²) < 4.78 is 0. The van der Waals surface area contributed by atoms with Crippen molar-refractivity contribution < 1.29 is 19.9 Å². The van der Waals surface area contributed by atoms with Gasteiger partial charge in [0.2, 0.25) is 0 Å². The number of hydrazine groups is 1. The predicted molar refractivity (Wildman–Crippen MR) is 107 cm³/mol. The highest BCUT2D eigenvalue weighted by Gasteiger charge is 2.39. The average Bonchev–Trinajstić information content (AvgIpc) is 2.72. The summed E-state index contributed by atoms with van der Waals surface area (Å²) in [6.45, 7) is 0. The summed E-state index contributed by atoms with van der Waals surface area (Å²) in [6, 6.07) is 16.2. The number of nitrogens with zero attached hydrogens (tertiary/aromatic N) is 4. The Morgan fingerprint density at radius 1 is 0.700 bits per heavy atom. The molecule has 3 rings (SSSR count). The molecule has 0 fully saturated rings. The molecule has 0 aromatic heterocycles. The Morgan fingerprint density at radius 2 is 1.27 bits per heavy atom. The first-order valence-electron chi connectivity index (χ1n) is 8.30. The molecule has 0 unspecified atom stereocenters. The highest BCUT2D eigenvalue weighted by molar-refractivity contribution is 5.81. The number of hydrogen-bond donors (Lipinski definition) is 2. The van der Waals surface area contributed by atoms with Gasteiger partial charge in [0, 0.05) is 6.07 Å². The van der Waals surface area contributed by atoms with Crippen LogP contribution in [0.1, 0.15) is 0 Å². The third-order valence-corrected chi connectivity index (χ3v) is 4.05. The Labute approximate surface area is 168 Å². The Kier molecular flexibility index (Phi) is 5.40. The first kappa shape index (κ1) is 20.0. The van der Waals surface area contributed by atoms with Gasteiger partial charge in [-0.05, 0) is 42.5 Å². The molecule has 0 heterocycles. The monoisotopic (exact) mass is 411 g/mol. The van der Waals surface area contributed by atoms with Crippen LogP contribution in [-0.4, -0.2) is 19.9 Å². The molecule has 0 amide bonds. The van der Waals surface area contributed by atoms with E-state index in [1.165, 1.54) is 29.3 Å². The van der Waals surface area contributed by atoms with Crippen LogP contribution in [0.2, 0.25) is 0 Å². The van der Waals surface area contributed by atoms with Crippen molar-refractivity contribution >= 4 is 34.1 Å². The molecule has 2 N–H and O–H groups in total. The summed E-state index contributed by atoms with van der Waals surface area (Å²) in [5, 5.41) is 45.1. The third-order valence-electron chi connectivity index (χ3n) is 4.05. The molecular weight excluding hydrogens is 398 g/mol. The maximum Gasteiger partial charge on any atom is 0.424 e. The Balaban J connectivity index is 2.18. The summed E-state index contributed by atoms with van der Waals surface area (Å²) in [7, 11) is 0. The molecule has 0 aliphatic heterocycles. The van der Waals surface area contributed by atoms with Gasteiger partial charge >= 0.3 is 17.1 Å². The fourth-order valence-corrected chi connectivity index (χ4v) is 2.75. The van der Waals surface area contributed by atoms with Crippen LogP contribution in [0.4, 0.5) is 34.1 Å². The van der Waals surface area contributed by atoms with E-state index in [1.807, 2.05) is 0 Å². The number of aromatic hydroxyl groups is 1. The summed E-state index contributed by atoms with van der Waals surface area (Å²) >= 11 is 0. The van der Waals surface area contributed by atoms with Crippen molar-refractivity contribution in [2.75, 3.05) is 10.4 Å². The van der Waals surface area contributed by atoms with Crippen LogP contribution in [0.3, 0.4) is 0 Å². The van der Waals surface area contributed by atoms with E-state index in [0.717, 1.165) is 12.1 Å². The molecule has 152 valence electrons. The number of rotatable bonds is 7. The van der Waals surface area contributed by atoms with Crippen molar-refractivity contribution in [1.82, 2.24) is 0 Å². The van der Waals surface area contributed by atoms with Crippen LogP contribution >= 0.6 is 0 Å². The SMILES string of the molecule is O=[N+]([O-])c1ccc(NN(c2ccccc2)c2ccc(O)cc2)c([N+](=O)[O-])c1[N+](=O)[O-]. The lowest BCUT2D eigenvalue weighted by molar-refractivity contribution is -0.440. The molecular formula is C18H13N5O7. The molecule has 0 spiro atoms. The lowest BCUT2D eigenvalue weighted by Gasteiger charge is -2.26. The molecule has 3 aromatic carbocycles. The van der Waals surface area contributed by atoms with Gasteiger partial charge in [0.1, 0.15) is 11.4 Å². The first-order chi connectivity index (χ1) is 14.3. The van der Waals surface area contributed by atoms with Gasteiger partial charge in [0.15, 0.2) is 0 Å². The van der Waals surface area contributed by atoms with Crippen LogP contribution in [-0.2, 0) is 0 Å². The summed E-state index contributed by atoms with van der Waals surface area (Å²) in [4.78, 5) is 30.9. The summed E-state index contributed by atoms with van der Waals surface area (Å²) in [5.41, 5.74) is 0.0845. The Morgan fingerprint density at radius 3 is 1.80 bits per heavy atom. The van der Waals surface area contributed by atoms with Gasteiger partial charge in [-0.15, -0.1) is 0 Å². The largest absolute Gasteiger partial charge is 0.508 e. The first-order valence-corrected chi connectivity index (χ1v) is 8.30. The van der Waals surface area contributed by atoms with Crippen molar-refractivity contribution in [3.63, 3.8) is 0 Å². The van der Waals surface area contributed by atoms with Crippen LogP contribution in [0.15, 0.2) is 66.7 Å². The highest BCUT2D eigenvalue weighted by atomic mass is 16.6. The number of para-hydroxylation sites is 1. The second-order valence-electron chi connectivity index (χ2n) is 5.90. The zero-order valence-electron chi connectivity index (χ0n) is 15.0. The van der Waals surface area contributed by atoms with Crippen molar-refractivity contribution in [3.05, 3.63) is 97.1 Å². The number of benzene rings is 3. The van der Waals surface area contributed by atoms with E-state index in [-0.39, 0.29) is 11.4 Å². The second kappa shape index (κ2) is 8.10. The molecule has 12 heteroatoms. The number of nitro benzene ring substituents is 3. The Hall–Kier alpha value is -4.74. The van der Waals surface area contributed by atoms with Crippen LogP contribution in [0.5, 0.6) is 5.75 Å². The molecule has 0 radical (unpaired) electrons. The zero-order chi connectivity index (χ0) is 21.8. The van der Waals surface area contributed by atoms with E-state index in [1.54, 1.807) is 30.3 Å². The molecule has 12 nitrogen and oxygen atoms in total. The lowest BCUT2D eigenvalue weighted by Crippen LogP contribution is -2.25. The van der Waals surface area contributed by atoms with E-state index in [0.29, 0.717) is 11.4 Å². The van der Waals surface area contributed by atoms with Crippen molar-refractivity contribution in [2.45, 2.75) is 0 Å². The molecule has 3 aromatic rings. The fourth-order valence-electron chi connectivity index (χ4n) is 2.75. The van der Waals surface area contributed by atoms with Gasteiger partial charge < -0.3 is 5.11 Å². The number of phenols is 1. The minimum atomic E-state index is -1.23. The normalized spacial score (nSPS) is 10.3. The molecule has 0 saturated heterocycles. The van der Waals surface area contributed by atoms with Gasteiger partial charge in [0.25, 0.3) is 0 Å². The van der Waals surface area contributed by atoms with Gasteiger partial charge in [0.05, 0.1) is 26.1 Å². The Bertz CT molecular complexity index is 1120. The quantitative estimate of drug-likeness (QED) is 0.426. The molecule has 0 atom stereocenters. The topological polar surface area (TPSA) is 165 Å². The van der Waals surface area contributed by atoms with E-state index in [4.69, 9.17) is 0 Å². The number of phenolic OH excluding ortho intramolecular Hbond substituents is 1. The van der Waals surface area contributed by atoms with E-state index >= 15 is 0 Å².